The molecule has 0 fully saturated rings. The number of allylic oxidation sites excluding steroid dienone is 1. The van der Waals surface area contributed by atoms with Crippen molar-refractivity contribution < 1.29 is 18.3 Å². The molecule has 2 aromatic carbocycles. The van der Waals surface area contributed by atoms with E-state index >= 15 is 0 Å². The SMILES string of the molecule is CCOC(=O)C1=C(C)N(c2ccccc2)C(=S)NC1c1c(F)cccc1F. The van der Waals surface area contributed by atoms with Crippen LogP contribution in [-0.4, -0.2) is 17.7 Å². The molecule has 1 aliphatic heterocycles. The first kappa shape index (κ1) is 19.0. The third-order valence-corrected chi connectivity index (χ3v) is 4.58. The number of hydrogen-bond donors (Lipinski definition) is 1. The number of hydrogen-bond acceptors (Lipinski definition) is 3. The number of halogens is 2. The van der Waals surface area contributed by atoms with Gasteiger partial charge in [-0.15, -0.1) is 0 Å². The van der Waals surface area contributed by atoms with Crippen molar-refractivity contribution in [2.75, 3.05) is 11.5 Å². The number of anilines is 1. The molecule has 1 atom stereocenters. The van der Waals surface area contributed by atoms with Crippen LogP contribution in [0.3, 0.4) is 0 Å². The minimum absolute atomic E-state index is 0.110. The molecule has 1 N–H and O–H groups in total. The molecule has 0 saturated carbocycles. The van der Waals surface area contributed by atoms with Crippen LogP contribution in [0, 0.1) is 11.6 Å². The number of carbonyl (C=O) groups is 1. The Labute approximate surface area is 161 Å². The molecular weight excluding hydrogens is 370 g/mol. The Balaban J connectivity index is 2.19. The van der Waals surface area contributed by atoms with E-state index < -0.39 is 23.6 Å². The first-order chi connectivity index (χ1) is 13.0. The molecular formula is C20H18F2N2O2S. The van der Waals surface area contributed by atoms with Crippen LogP contribution < -0.4 is 10.2 Å². The number of esters is 1. The summed E-state index contributed by atoms with van der Waals surface area (Å²) >= 11 is 5.44. The molecule has 1 unspecified atom stereocenters. The molecule has 0 spiro atoms. The summed E-state index contributed by atoms with van der Waals surface area (Å²) in [5.41, 5.74) is 1.02. The number of nitrogens with zero attached hydrogens (tertiary/aromatic N) is 1. The van der Waals surface area contributed by atoms with Gasteiger partial charge < -0.3 is 10.1 Å². The van der Waals surface area contributed by atoms with Crippen molar-refractivity contribution in [2.24, 2.45) is 0 Å². The summed E-state index contributed by atoms with van der Waals surface area (Å²) in [4.78, 5) is 14.3. The topological polar surface area (TPSA) is 41.6 Å². The number of rotatable bonds is 4. The zero-order chi connectivity index (χ0) is 19.6. The lowest BCUT2D eigenvalue weighted by Gasteiger charge is -2.37. The van der Waals surface area contributed by atoms with Gasteiger partial charge in [-0.3, -0.25) is 4.90 Å². The van der Waals surface area contributed by atoms with Crippen LogP contribution in [0.4, 0.5) is 14.5 Å². The third kappa shape index (κ3) is 3.55. The highest BCUT2D eigenvalue weighted by molar-refractivity contribution is 7.80. The van der Waals surface area contributed by atoms with E-state index in [4.69, 9.17) is 17.0 Å². The van der Waals surface area contributed by atoms with Crippen LogP contribution in [0.15, 0.2) is 59.8 Å². The molecule has 1 aliphatic rings. The van der Waals surface area contributed by atoms with Crippen molar-refractivity contribution >= 4 is 29.0 Å². The highest BCUT2D eigenvalue weighted by Gasteiger charge is 2.37. The summed E-state index contributed by atoms with van der Waals surface area (Å²) < 4.78 is 34.0. The van der Waals surface area contributed by atoms with Crippen molar-refractivity contribution in [3.8, 4) is 0 Å². The lowest BCUT2D eigenvalue weighted by molar-refractivity contribution is -0.139. The molecule has 0 amide bonds. The van der Waals surface area contributed by atoms with Gasteiger partial charge in [0.25, 0.3) is 0 Å². The van der Waals surface area contributed by atoms with Gasteiger partial charge in [0.2, 0.25) is 0 Å². The molecule has 3 rings (SSSR count). The molecule has 0 aliphatic carbocycles. The van der Waals surface area contributed by atoms with Crippen molar-refractivity contribution in [1.82, 2.24) is 5.32 Å². The van der Waals surface area contributed by atoms with Crippen LogP contribution in [-0.2, 0) is 9.53 Å². The summed E-state index contributed by atoms with van der Waals surface area (Å²) in [6, 6.07) is 11.6. The number of thiocarbonyl (C=S) groups is 1. The quantitative estimate of drug-likeness (QED) is 0.627. The molecule has 4 nitrogen and oxygen atoms in total. The average molecular weight is 388 g/mol. The molecule has 27 heavy (non-hydrogen) atoms. The standard InChI is InChI=1S/C20H18F2N2O2S/c1-3-26-19(25)16-12(2)24(13-8-5-4-6-9-13)20(27)23-18(16)17-14(21)10-7-11-15(17)22/h4-11,18H,3H2,1-2H3,(H,23,27). The summed E-state index contributed by atoms with van der Waals surface area (Å²) in [7, 11) is 0. The van der Waals surface area contributed by atoms with E-state index in [0.717, 1.165) is 17.8 Å². The van der Waals surface area contributed by atoms with E-state index in [-0.39, 0.29) is 22.9 Å². The largest absolute Gasteiger partial charge is 0.463 e. The molecule has 1 heterocycles. The number of ether oxygens (including phenoxy) is 1. The Morgan fingerprint density at radius 3 is 2.37 bits per heavy atom. The van der Waals surface area contributed by atoms with Gasteiger partial charge in [0.15, 0.2) is 5.11 Å². The predicted molar refractivity (Wildman–Crippen MR) is 103 cm³/mol. The highest BCUT2D eigenvalue weighted by Crippen LogP contribution is 2.36. The molecule has 2 aromatic rings. The monoisotopic (exact) mass is 388 g/mol. The zero-order valence-corrected chi connectivity index (χ0v) is 15.6. The number of para-hydroxylation sites is 1. The Morgan fingerprint density at radius 1 is 1.15 bits per heavy atom. The Hall–Kier alpha value is -2.80. The smallest absolute Gasteiger partial charge is 0.338 e. The Morgan fingerprint density at radius 2 is 1.78 bits per heavy atom. The number of carbonyl (C=O) groups excluding carboxylic acids is 1. The fourth-order valence-electron chi connectivity index (χ4n) is 3.11. The van der Waals surface area contributed by atoms with Gasteiger partial charge in [0.1, 0.15) is 11.6 Å². The van der Waals surface area contributed by atoms with Crippen LogP contribution in [0.2, 0.25) is 0 Å². The summed E-state index contributed by atoms with van der Waals surface area (Å²) in [6.07, 6.45) is 0. The lowest BCUT2D eigenvalue weighted by atomic mass is 9.94. The van der Waals surface area contributed by atoms with Crippen LogP contribution in [0.1, 0.15) is 25.5 Å². The normalized spacial score (nSPS) is 17.0. The van der Waals surface area contributed by atoms with Gasteiger partial charge >= 0.3 is 5.97 Å². The van der Waals surface area contributed by atoms with Gasteiger partial charge in [-0.05, 0) is 50.3 Å². The molecule has 0 bridgehead atoms. The van der Waals surface area contributed by atoms with Crippen LogP contribution >= 0.6 is 12.2 Å². The molecule has 140 valence electrons. The molecule has 7 heteroatoms. The fourth-order valence-corrected chi connectivity index (χ4v) is 3.47. The van der Waals surface area contributed by atoms with E-state index in [9.17, 15) is 13.6 Å². The molecule has 0 aromatic heterocycles. The second-order valence-corrected chi connectivity index (χ2v) is 6.30. The van der Waals surface area contributed by atoms with Gasteiger partial charge in [0, 0.05) is 11.4 Å². The van der Waals surface area contributed by atoms with E-state index in [0.29, 0.717) is 5.70 Å². The van der Waals surface area contributed by atoms with Gasteiger partial charge in [-0.25, -0.2) is 13.6 Å². The van der Waals surface area contributed by atoms with Crippen molar-refractivity contribution in [3.63, 3.8) is 0 Å². The summed E-state index contributed by atoms with van der Waals surface area (Å²) in [6.45, 7) is 3.48. The minimum Gasteiger partial charge on any atom is -0.463 e. The fraction of sp³-hybridized carbons (Fsp3) is 0.200. The highest BCUT2D eigenvalue weighted by atomic mass is 32.1. The summed E-state index contributed by atoms with van der Waals surface area (Å²) in [5.74, 6) is -2.19. The number of benzene rings is 2. The van der Waals surface area contributed by atoms with Crippen molar-refractivity contribution in [3.05, 3.63) is 77.0 Å². The number of nitrogens with one attached hydrogen (secondary N) is 1. The van der Waals surface area contributed by atoms with E-state index in [1.165, 1.54) is 6.07 Å². The second kappa shape index (κ2) is 7.84. The summed E-state index contributed by atoms with van der Waals surface area (Å²) in [5, 5.41) is 3.14. The first-order valence-electron chi connectivity index (χ1n) is 8.43. The van der Waals surface area contributed by atoms with Gasteiger partial charge in [-0.2, -0.15) is 0 Å². The van der Waals surface area contributed by atoms with E-state index in [1.807, 2.05) is 30.3 Å². The van der Waals surface area contributed by atoms with E-state index in [1.54, 1.807) is 18.7 Å². The maximum absolute atomic E-state index is 14.4. The maximum atomic E-state index is 14.4. The van der Waals surface area contributed by atoms with Gasteiger partial charge in [-0.1, -0.05) is 24.3 Å². The average Bonchev–Trinajstić information content (AvgIpc) is 2.62. The Bertz CT molecular complexity index is 895. The van der Waals surface area contributed by atoms with Gasteiger partial charge in [0.05, 0.1) is 23.8 Å². The third-order valence-electron chi connectivity index (χ3n) is 4.28. The zero-order valence-electron chi connectivity index (χ0n) is 14.8. The molecule has 0 radical (unpaired) electrons. The Kier molecular flexibility index (Phi) is 5.51. The van der Waals surface area contributed by atoms with E-state index in [2.05, 4.69) is 5.32 Å². The predicted octanol–water partition coefficient (Wildman–Crippen LogP) is 4.24. The first-order valence-corrected chi connectivity index (χ1v) is 8.84. The molecule has 0 saturated heterocycles. The maximum Gasteiger partial charge on any atom is 0.338 e. The lowest BCUT2D eigenvalue weighted by Crippen LogP contribution is -2.48. The van der Waals surface area contributed by atoms with Crippen molar-refractivity contribution in [2.45, 2.75) is 19.9 Å². The van der Waals surface area contributed by atoms with Crippen LogP contribution in [0.5, 0.6) is 0 Å². The van der Waals surface area contributed by atoms with Crippen LogP contribution in [0.25, 0.3) is 0 Å². The minimum atomic E-state index is -1.09. The second-order valence-electron chi connectivity index (χ2n) is 5.91. The van der Waals surface area contributed by atoms with Crippen molar-refractivity contribution in [1.29, 1.82) is 0 Å².